The van der Waals surface area contributed by atoms with Gasteiger partial charge >= 0.3 is 0 Å². The minimum absolute atomic E-state index is 0.275. The van der Waals surface area contributed by atoms with Crippen LogP contribution in [0, 0.1) is 0 Å². The molecule has 3 heteroatoms. The molecule has 0 fully saturated rings. The summed E-state index contributed by atoms with van der Waals surface area (Å²) in [5.41, 5.74) is 1.58. The van der Waals surface area contributed by atoms with E-state index in [0.29, 0.717) is 0 Å². The molecule has 0 unspecified atom stereocenters. The predicted molar refractivity (Wildman–Crippen MR) is 61.9 cm³/mol. The Morgan fingerprint density at radius 3 is 1.64 bits per heavy atom. The Hall–Kier alpha value is -1.38. The first-order chi connectivity index (χ1) is 6.69. The number of hydrogen-bond donors (Lipinski definition) is 0. The van der Waals surface area contributed by atoms with Gasteiger partial charge in [-0.3, -0.25) is 0 Å². The lowest BCUT2D eigenvalue weighted by Crippen LogP contribution is -2.04. The zero-order valence-electron chi connectivity index (χ0n) is 9.49. The minimum atomic E-state index is 0.275. The summed E-state index contributed by atoms with van der Waals surface area (Å²) in [6.45, 7) is 15.4. The van der Waals surface area contributed by atoms with Crippen molar-refractivity contribution in [2.75, 3.05) is 0 Å². The number of rotatable bonds is 3. The maximum absolute atomic E-state index is 4.22. The monoisotopic (exact) mass is 193 g/mol. The molecule has 0 aliphatic rings. The van der Waals surface area contributed by atoms with Crippen LogP contribution in [0.3, 0.4) is 0 Å². The van der Waals surface area contributed by atoms with Gasteiger partial charge in [0.05, 0.1) is 6.04 Å². The van der Waals surface area contributed by atoms with Gasteiger partial charge in [0, 0.05) is 0 Å². The molecule has 0 saturated heterocycles. The van der Waals surface area contributed by atoms with Gasteiger partial charge in [0.25, 0.3) is 0 Å². The molecule has 78 valence electrons. The van der Waals surface area contributed by atoms with E-state index >= 15 is 0 Å². The fourth-order valence-corrected chi connectivity index (χ4v) is 0.867. The molecule has 1 rings (SSSR count). The molecule has 0 radical (unpaired) electrons. The molecule has 0 aliphatic carbocycles. The molecule has 0 N–H and O–H groups in total. The lowest BCUT2D eigenvalue weighted by Gasteiger charge is -2.00. The van der Waals surface area contributed by atoms with Crippen LogP contribution in [-0.4, -0.2) is 15.0 Å². The standard InChI is InChI=1S/C9H13N3.C2H6/c1-5-8-9(6-2)11-12(10-8)7(3)4;1-2/h5-7H,1-2H2,3-4H3;1-2H3. The SMILES string of the molecule is C=Cc1nn(C(C)C)nc1C=C.CC. The van der Waals surface area contributed by atoms with Crippen molar-refractivity contribution in [3.05, 3.63) is 24.5 Å². The Bertz CT molecular complexity index is 272. The molecule has 1 heterocycles. The Balaban J connectivity index is 0.000000791. The van der Waals surface area contributed by atoms with E-state index in [1.807, 2.05) is 27.7 Å². The third-order valence-electron chi connectivity index (χ3n) is 1.53. The predicted octanol–water partition coefficient (Wildman–Crippen LogP) is 3.17. The van der Waals surface area contributed by atoms with Crippen molar-refractivity contribution in [2.45, 2.75) is 33.7 Å². The van der Waals surface area contributed by atoms with Crippen LogP contribution in [0.4, 0.5) is 0 Å². The zero-order chi connectivity index (χ0) is 11.1. The highest BCUT2D eigenvalue weighted by Gasteiger charge is 2.06. The van der Waals surface area contributed by atoms with Crippen molar-refractivity contribution in [3.63, 3.8) is 0 Å². The Morgan fingerprint density at radius 1 is 1.07 bits per heavy atom. The summed E-state index contributed by atoms with van der Waals surface area (Å²) in [6.07, 6.45) is 3.37. The second-order valence-corrected chi connectivity index (χ2v) is 2.79. The quantitative estimate of drug-likeness (QED) is 0.738. The van der Waals surface area contributed by atoms with Crippen molar-refractivity contribution in [1.29, 1.82) is 0 Å². The molecule has 3 nitrogen and oxygen atoms in total. The molecule has 0 atom stereocenters. The lowest BCUT2D eigenvalue weighted by molar-refractivity contribution is 0.465. The third-order valence-corrected chi connectivity index (χ3v) is 1.53. The fraction of sp³-hybridized carbons (Fsp3) is 0.455. The molecule has 0 bridgehead atoms. The van der Waals surface area contributed by atoms with Gasteiger partial charge in [-0.05, 0) is 26.0 Å². The largest absolute Gasteiger partial charge is 0.181 e. The van der Waals surface area contributed by atoms with Crippen LogP contribution in [0.25, 0.3) is 12.2 Å². The van der Waals surface area contributed by atoms with Crippen LogP contribution in [0.1, 0.15) is 45.1 Å². The summed E-state index contributed by atoms with van der Waals surface area (Å²) in [7, 11) is 0. The van der Waals surface area contributed by atoms with Gasteiger partial charge in [0.2, 0.25) is 0 Å². The van der Waals surface area contributed by atoms with E-state index in [2.05, 4.69) is 23.4 Å². The molecule has 0 saturated carbocycles. The molecule has 0 aliphatic heterocycles. The topological polar surface area (TPSA) is 30.7 Å². The first-order valence-corrected chi connectivity index (χ1v) is 4.90. The van der Waals surface area contributed by atoms with Crippen LogP contribution in [-0.2, 0) is 0 Å². The molecule has 1 aromatic heterocycles. The molecule has 14 heavy (non-hydrogen) atoms. The molecule has 0 amide bonds. The summed E-state index contributed by atoms with van der Waals surface area (Å²) in [4.78, 5) is 1.66. The zero-order valence-corrected chi connectivity index (χ0v) is 9.49. The highest BCUT2D eigenvalue weighted by molar-refractivity contribution is 5.56. The van der Waals surface area contributed by atoms with E-state index in [9.17, 15) is 0 Å². The van der Waals surface area contributed by atoms with E-state index in [4.69, 9.17) is 0 Å². The van der Waals surface area contributed by atoms with Crippen LogP contribution in [0.2, 0.25) is 0 Å². The van der Waals surface area contributed by atoms with Gasteiger partial charge in [-0.25, -0.2) is 0 Å². The average molecular weight is 193 g/mol. The molecule has 1 aromatic rings. The fourth-order valence-electron chi connectivity index (χ4n) is 0.867. The first kappa shape index (κ1) is 12.6. The van der Waals surface area contributed by atoms with Crippen molar-refractivity contribution < 1.29 is 0 Å². The molecule has 0 spiro atoms. The van der Waals surface area contributed by atoms with E-state index in [1.165, 1.54) is 0 Å². The van der Waals surface area contributed by atoms with Crippen LogP contribution >= 0.6 is 0 Å². The summed E-state index contributed by atoms with van der Waals surface area (Å²) >= 11 is 0. The molecule has 0 aromatic carbocycles. The number of nitrogens with zero attached hydrogens (tertiary/aromatic N) is 3. The van der Waals surface area contributed by atoms with Gasteiger partial charge in [0.1, 0.15) is 11.4 Å². The van der Waals surface area contributed by atoms with E-state index in [1.54, 1.807) is 16.9 Å². The van der Waals surface area contributed by atoms with Crippen LogP contribution < -0.4 is 0 Å². The Labute approximate surface area is 86.1 Å². The summed E-state index contributed by atoms with van der Waals surface area (Å²) in [5.74, 6) is 0. The normalized spacial score (nSPS) is 9.21. The summed E-state index contributed by atoms with van der Waals surface area (Å²) in [5, 5.41) is 8.43. The third kappa shape index (κ3) is 2.83. The van der Waals surface area contributed by atoms with Crippen LogP contribution in [0.5, 0.6) is 0 Å². The van der Waals surface area contributed by atoms with Gasteiger partial charge in [-0.2, -0.15) is 15.0 Å². The minimum Gasteiger partial charge on any atom is -0.181 e. The van der Waals surface area contributed by atoms with Crippen molar-refractivity contribution in [3.8, 4) is 0 Å². The average Bonchev–Trinajstić information content (AvgIpc) is 2.63. The first-order valence-electron chi connectivity index (χ1n) is 4.90. The van der Waals surface area contributed by atoms with Gasteiger partial charge in [-0.15, -0.1) is 0 Å². The second kappa shape index (κ2) is 6.13. The van der Waals surface area contributed by atoms with E-state index in [-0.39, 0.29) is 6.04 Å². The van der Waals surface area contributed by atoms with Gasteiger partial charge in [0.15, 0.2) is 0 Å². The van der Waals surface area contributed by atoms with Crippen LogP contribution in [0.15, 0.2) is 13.2 Å². The number of hydrogen-bond acceptors (Lipinski definition) is 2. The molecular formula is C11H19N3. The van der Waals surface area contributed by atoms with Gasteiger partial charge < -0.3 is 0 Å². The van der Waals surface area contributed by atoms with Crippen molar-refractivity contribution in [1.82, 2.24) is 15.0 Å². The summed E-state index contributed by atoms with van der Waals surface area (Å²) < 4.78 is 0. The van der Waals surface area contributed by atoms with Crippen molar-refractivity contribution in [2.24, 2.45) is 0 Å². The lowest BCUT2D eigenvalue weighted by atomic mass is 10.3. The maximum atomic E-state index is 4.22. The van der Waals surface area contributed by atoms with E-state index < -0.39 is 0 Å². The summed E-state index contributed by atoms with van der Waals surface area (Å²) in [6, 6.07) is 0.275. The maximum Gasteiger partial charge on any atom is 0.112 e. The highest BCUT2D eigenvalue weighted by atomic mass is 15.5. The number of aromatic nitrogens is 3. The Morgan fingerprint density at radius 2 is 1.43 bits per heavy atom. The highest BCUT2D eigenvalue weighted by Crippen LogP contribution is 2.08. The Kier molecular flexibility index (Phi) is 5.53. The van der Waals surface area contributed by atoms with E-state index in [0.717, 1.165) is 11.4 Å². The smallest absolute Gasteiger partial charge is 0.112 e. The second-order valence-electron chi connectivity index (χ2n) is 2.79. The van der Waals surface area contributed by atoms with Crippen molar-refractivity contribution >= 4 is 12.2 Å². The van der Waals surface area contributed by atoms with Gasteiger partial charge in [-0.1, -0.05) is 27.0 Å². The molecular weight excluding hydrogens is 174 g/mol.